The number of hydrogen-bond acceptors (Lipinski definition) is 7. The lowest BCUT2D eigenvalue weighted by atomic mass is 9.70. The maximum absolute atomic E-state index is 13.7. The summed E-state index contributed by atoms with van der Waals surface area (Å²) in [5.74, 6) is 0.100. The zero-order chi connectivity index (χ0) is 26.4. The molecule has 0 bridgehead atoms. The Bertz CT molecular complexity index is 1640. The minimum Gasteiger partial charge on any atom is -0.310 e. The van der Waals surface area contributed by atoms with Crippen molar-refractivity contribution in [2.45, 2.75) is 50.3 Å². The normalized spacial score (nSPS) is 17.5. The molecule has 1 aliphatic carbocycles. The van der Waals surface area contributed by atoms with Gasteiger partial charge in [-0.05, 0) is 56.0 Å². The second-order valence-corrected chi connectivity index (χ2v) is 11.8. The predicted molar refractivity (Wildman–Crippen MR) is 138 cm³/mol. The van der Waals surface area contributed by atoms with Crippen LogP contribution in [0.15, 0.2) is 60.0 Å². The van der Waals surface area contributed by atoms with Gasteiger partial charge in [0, 0.05) is 30.4 Å². The fourth-order valence-corrected chi connectivity index (χ4v) is 5.64. The van der Waals surface area contributed by atoms with Gasteiger partial charge >= 0.3 is 0 Å². The number of sulfone groups is 1. The highest BCUT2D eigenvalue weighted by molar-refractivity contribution is 7.91. The highest BCUT2D eigenvalue weighted by Gasteiger charge is 2.43. The molecule has 0 saturated heterocycles. The van der Waals surface area contributed by atoms with Crippen LogP contribution in [0.2, 0.25) is 0 Å². The van der Waals surface area contributed by atoms with Crippen molar-refractivity contribution in [1.82, 2.24) is 19.4 Å². The van der Waals surface area contributed by atoms with Crippen molar-refractivity contribution >= 4 is 33.0 Å². The average molecular weight is 518 g/mol. The van der Waals surface area contributed by atoms with Gasteiger partial charge in [0.05, 0.1) is 33.9 Å². The smallest absolute Gasteiger partial charge is 0.229 e. The van der Waals surface area contributed by atoms with Crippen LogP contribution < -0.4 is 5.32 Å². The summed E-state index contributed by atoms with van der Waals surface area (Å²) in [6, 6.07) is 8.11. The van der Waals surface area contributed by atoms with Gasteiger partial charge in [-0.2, -0.15) is 0 Å². The van der Waals surface area contributed by atoms with Crippen molar-refractivity contribution in [1.29, 1.82) is 0 Å². The number of Topliss-reactive ketones (excluding diaryl/α,β-unsaturated/α-hetero) is 1. The standard InChI is InChI=1S/C27H27N5O4S/c1-4-37(35,36)19-7-5-18(6-8-19)16-22(33)31-25-17(2)15-20-21(30-25)9-10-27(3,24(20)34)23-26-29-12-14-32(26)13-11-28-23/h5-8,11-15H,4,9-10,16H2,1-3H3,(H,30,31,33). The van der Waals surface area contributed by atoms with E-state index in [1.165, 1.54) is 12.1 Å². The molecule has 5 rings (SSSR count). The summed E-state index contributed by atoms with van der Waals surface area (Å²) in [6.45, 7) is 5.30. The van der Waals surface area contributed by atoms with Crippen LogP contribution in [0.4, 0.5) is 5.82 Å². The molecule has 9 nitrogen and oxygen atoms in total. The molecule has 0 saturated carbocycles. The van der Waals surface area contributed by atoms with Gasteiger partial charge in [0.25, 0.3) is 0 Å². The van der Waals surface area contributed by atoms with Gasteiger partial charge in [0.1, 0.15) is 5.82 Å². The second-order valence-electron chi connectivity index (χ2n) is 9.52. The number of carbonyl (C=O) groups is 2. The van der Waals surface area contributed by atoms with Crippen molar-refractivity contribution in [2.75, 3.05) is 11.1 Å². The van der Waals surface area contributed by atoms with Crippen molar-refractivity contribution in [2.24, 2.45) is 0 Å². The van der Waals surface area contributed by atoms with Gasteiger partial charge in [-0.15, -0.1) is 0 Å². The average Bonchev–Trinajstić information content (AvgIpc) is 3.37. The topological polar surface area (TPSA) is 123 Å². The highest BCUT2D eigenvalue weighted by atomic mass is 32.2. The van der Waals surface area contributed by atoms with Crippen LogP contribution in [0.1, 0.15) is 53.1 Å². The first-order chi connectivity index (χ1) is 17.6. The lowest BCUT2D eigenvalue weighted by Crippen LogP contribution is -2.39. The molecular formula is C27H27N5O4S. The number of anilines is 1. The molecule has 37 heavy (non-hydrogen) atoms. The highest BCUT2D eigenvalue weighted by Crippen LogP contribution is 2.39. The number of amides is 1. The van der Waals surface area contributed by atoms with E-state index in [0.29, 0.717) is 52.4 Å². The lowest BCUT2D eigenvalue weighted by molar-refractivity contribution is -0.115. The Morgan fingerprint density at radius 3 is 2.54 bits per heavy atom. The Labute approximate surface area is 214 Å². The molecule has 1 aliphatic rings. The first-order valence-electron chi connectivity index (χ1n) is 12.1. The minimum atomic E-state index is -3.29. The Morgan fingerprint density at radius 2 is 1.84 bits per heavy atom. The van der Waals surface area contributed by atoms with Gasteiger partial charge in [0.15, 0.2) is 21.3 Å². The van der Waals surface area contributed by atoms with E-state index < -0.39 is 15.3 Å². The van der Waals surface area contributed by atoms with Crippen LogP contribution >= 0.6 is 0 Å². The van der Waals surface area contributed by atoms with Crippen molar-refractivity contribution in [3.8, 4) is 0 Å². The molecule has 0 radical (unpaired) electrons. The first-order valence-corrected chi connectivity index (χ1v) is 13.7. The van der Waals surface area contributed by atoms with E-state index in [4.69, 9.17) is 0 Å². The number of imidazole rings is 1. The maximum atomic E-state index is 13.7. The van der Waals surface area contributed by atoms with E-state index in [1.54, 1.807) is 50.6 Å². The van der Waals surface area contributed by atoms with Gasteiger partial charge in [0.2, 0.25) is 5.91 Å². The van der Waals surface area contributed by atoms with E-state index in [1.807, 2.05) is 17.5 Å². The van der Waals surface area contributed by atoms with Crippen LogP contribution in [0.3, 0.4) is 0 Å². The second kappa shape index (κ2) is 9.19. The summed E-state index contributed by atoms with van der Waals surface area (Å²) in [5.41, 5.74) is 3.02. The lowest BCUT2D eigenvalue weighted by Gasteiger charge is -2.32. The molecule has 190 valence electrons. The molecule has 0 spiro atoms. The number of aryl methyl sites for hydroxylation is 2. The third-order valence-electron chi connectivity index (χ3n) is 7.02. The van der Waals surface area contributed by atoms with Crippen molar-refractivity contribution in [3.05, 3.63) is 83.2 Å². The van der Waals surface area contributed by atoms with Crippen LogP contribution in [0.25, 0.3) is 5.65 Å². The third-order valence-corrected chi connectivity index (χ3v) is 8.77. The van der Waals surface area contributed by atoms with Crippen molar-refractivity contribution < 1.29 is 18.0 Å². The van der Waals surface area contributed by atoms with E-state index in [2.05, 4.69) is 20.3 Å². The van der Waals surface area contributed by atoms with Gasteiger partial charge < -0.3 is 9.72 Å². The van der Waals surface area contributed by atoms with Crippen LogP contribution in [0.5, 0.6) is 0 Å². The van der Waals surface area contributed by atoms with Crippen LogP contribution in [-0.4, -0.2) is 45.2 Å². The number of rotatable bonds is 6. The number of carbonyl (C=O) groups excluding carboxylic acids is 2. The Kier molecular flexibility index (Phi) is 6.15. The zero-order valence-corrected chi connectivity index (χ0v) is 21.7. The quantitative estimate of drug-likeness (QED) is 0.415. The fraction of sp³-hybridized carbons (Fsp3) is 0.296. The summed E-state index contributed by atoms with van der Waals surface area (Å²) in [7, 11) is -3.29. The minimum absolute atomic E-state index is 0.0212. The number of nitrogens with zero attached hydrogens (tertiary/aromatic N) is 4. The Morgan fingerprint density at radius 1 is 1.14 bits per heavy atom. The van der Waals surface area contributed by atoms with E-state index >= 15 is 0 Å². The van der Waals surface area contributed by atoms with Crippen molar-refractivity contribution in [3.63, 3.8) is 0 Å². The molecule has 0 aliphatic heterocycles. The SMILES string of the molecule is CCS(=O)(=O)c1ccc(CC(=O)Nc2nc3c(cc2C)C(=O)C(C)(c2nccn4ccnc24)CC3)cc1. The van der Waals surface area contributed by atoms with E-state index in [0.717, 1.165) is 0 Å². The summed E-state index contributed by atoms with van der Waals surface area (Å²) in [6.07, 6.45) is 8.14. The molecular weight excluding hydrogens is 490 g/mol. The summed E-state index contributed by atoms with van der Waals surface area (Å²) < 4.78 is 25.9. The van der Waals surface area contributed by atoms with Crippen LogP contribution in [-0.2, 0) is 32.9 Å². The summed E-state index contributed by atoms with van der Waals surface area (Å²) >= 11 is 0. The van der Waals surface area contributed by atoms with Gasteiger partial charge in [-0.1, -0.05) is 19.1 Å². The number of fused-ring (bicyclic) bond motifs is 2. The molecule has 1 unspecified atom stereocenters. The summed E-state index contributed by atoms with van der Waals surface area (Å²) in [5, 5.41) is 2.85. The summed E-state index contributed by atoms with van der Waals surface area (Å²) in [4.78, 5) is 40.3. The maximum Gasteiger partial charge on any atom is 0.229 e. The zero-order valence-electron chi connectivity index (χ0n) is 20.9. The molecule has 0 fully saturated rings. The van der Waals surface area contributed by atoms with Crippen LogP contribution in [0, 0.1) is 6.92 Å². The predicted octanol–water partition coefficient (Wildman–Crippen LogP) is 3.49. The number of benzene rings is 1. The molecule has 1 atom stereocenters. The number of ketones is 1. The molecule has 10 heteroatoms. The Balaban J connectivity index is 1.36. The Hall–Kier alpha value is -3.92. The number of pyridine rings is 1. The molecule has 1 amide bonds. The number of aromatic nitrogens is 4. The molecule has 4 aromatic rings. The number of nitrogens with one attached hydrogen (secondary N) is 1. The molecule has 3 aromatic heterocycles. The monoisotopic (exact) mass is 517 g/mol. The molecule has 3 heterocycles. The van der Waals surface area contributed by atoms with E-state index in [9.17, 15) is 18.0 Å². The molecule has 1 N–H and O–H groups in total. The van der Waals surface area contributed by atoms with Gasteiger partial charge in [-0.3, -0.25) is 14.6 Å². The molecule has 1 aromatic carbocycles. The van der Waals surface area contributed by atoms with Gasteiger partial charge in [-0.25, -0.2) is 18.4 Å². The first kappa shape index (κ1) is 24.8. The third kappa shape index (κ3) is 4.42. The van der Waals surface area contributed by atoms with E-state index in [-0.39, 0.29) is 28.8 Å². The number of hydrogen-bond donors (Lipinski definition) is 1. The largest absolute Gasteiger partial charge is 0.310 e. The fourth-order valence-electron chi connectivity index (χ4n) is 4.76.